The first-order chi connectivity index (χ1) is 6.66. The lowest BCUT2D eigenvalue weighted by atomic mass is 10.4. The van der Waals surface area contributed by atoms with Crippen LogP contribution >= 0.6 is 15.9 Å². The van der Waals surface area contributed by atoms with Crippen LogP contribution in [0.15, 0.2) is 29.3 Å². The van der Waals surface area contributed by atoms with Gasteiger partial charge in [0.15, 0.2) is 0 Å². The van der Waals surface area contributed by atoms with E-state index in [1.165, 1.54) is 0 Å². The fraction of sp³-hybridized carbons (Fsp3) is 0.111. The van der Waals surface area contributed by atoms with Crippen LogP contribution in [0.4, 0.5) is 4.39 Å². The van der Waals surface area contributed by atoms with Crippen molar-refractivity contribution in [2.45, 2.75) is 6.92 Å². The highest BCUT2D eigenvalue weighted by atomic mass is 79.9. The number of halogens is 2. The molecule has 0 radical (unpaired) electrons. The van der Waals surface area contributed by atoms with Gasteiger partial charge in [-0.25, -0.2) is 9.97 Å². The van der Waals surface area contributed by atoms with Crippen LogP contribution in [0.25, 0.3) is 5.69 Å². The van der Waals surface area contributed by atoms with E-state index in [0.29, 0.717) is 10.3 Å². The predicted molar refractivity (Wildman–Crippen MR) is 53.8 cm³/mol. The number of nitrogens with zero attached hydrogens (tertiary/aromatic N) is 3. The van der Waals surface area contributed by atoms with Crippen LogP contribution in [0, 0.1) is 12.9 Å². The Balaban J connectivity index is 2.52. The lowest BCUT2D eigenvalue weighted by molar-refractivity contribution is 0.572. The van der Waals surface area contributed by atoms with E-state index in [2.05, 4.69) is 25.9 Å². The summed E-state index contributed by atoms with van der Waals surface area (Å²) in [6, 6.07) is 3.33. The second-order valence-electron chi connectivity index (χ2n) is 2.87. The number of hydrogen-bond acceptors (Lipinski definition) is 2. The Kier molecular flexibility index (Phi) is 2.33. The third kappa shape index (κ3) is 1.68. The highest BCUT2D eigenvalue weighted by molar-refractivity contribution is 9.10. The molecule has 0 bridgehead atoms. The molecule has 0 saturated carbocycles. The second-order valence-corrected chi connectivity index (χ2v) is 3.68. The molecule has 0 aliphatic heterocycles. The van der Waals surface area contributed by atoms with E-state index in [0.717, 1.165) is 5.69 Å². The first-order valence-electron chi connectivity index (χ1n) is 4.00. The van der Waals surface area contributed by atoms with E-state index in [4.69, 9.17) is 0 Å². The molecule has 0 fully saturated rings. The van der Waals surface area contributed by atoms with Gasteiger partial charge in [-0.1, -0.05) is 0 Å². The van der Waals surface area contributed by atoms with Crippen molar-refractivity contribution in [1.82, 2.24) is 14.5 Å². The standard InChI is InChI=1S/C9H7BrFN3/c1-6-4-14(5-12-6)7-2-3-8(10)13-9(7)11/h2-5H,1H3. The maximum atomic E-state index is 13.4. The van der Waals surface area contributed by atoms with Gasteiger partial charge < -0.3 is 4.57 Å². The summed E-state index contributed by atoms with van der Waals surface area (Å²) in [5, 5.41) is 0. The Morgan fingerprint density at radius 1 is 1.43 bits per heavy atom. The van der Waals surface area contributed by atoms with Gasteiger partial charge in [-0.05, 0) is 35.0 Å². The van der Waals surface area contributed by atoms with Gasteiger partial charge in [0.05, 0.1) is 12.0 Å². The monoisotopic (exact) mass is 255 g/mol. The van der Waals surface area contributed by atoms with Crippen LogP contribution in [-0.4, -0.2) is 14.5 Å². The SMILES string of the molecule is Cc1cn(-c2ccc(Br)nc2F)cn1. The van der Waals surface area contributed by atoms with Gasteiger partial charge >= 0.3 is 0 Å². The third-order valence-electron chi connectivity index (χ3n) is 1.78. The predicted octanol–water partition coefficient (Wildman–Crippen LogP) is 2.48. The Morgan fingerprint density at radius 3 is 2.79 bits per heavy atom. The zero-order valence-electron chi connectivity index (χ0n) is 7.41. The maximum absolute atomic E-state index is 13.4. The van der Waals surface area contributed by atoms with Gasteiger partial charge in [0.2, 0.25) is 5.95 Å². The molecule has 0 aromatic carbocycles. The van der Waals surface area contributed by atoms with Crippen LogP contribution < -0.4 is 0 Å². The minimum absolute atomic E-state index is 0.397. The largest absolute Gasteiger partial charge is 0.302 e. The molecule has 2 heterocycles. The summed E-state index contributed by atoms with van der Waals surface area (Å²) in [5.41, 5.74) is 1.24. The highest BCUT2D eigenvalue weighted by Gasteiger charge is 2.06. The van der Waals surface area contributed by atoms with Gasteiger partial charge in [0.25, 0.3) is 0 Å². The minimum Gasteiger partial charge on any atom is -0.302 e. The van der Waals surface area contributed by atoms with Gasteiger partial charge in [0.1, 0.15) is 10.3 Å². The van der Waals surface area contributed by atoms with Crippen molar-refractivity contribution in [3.8, 4) is 5.69 Å². The van der Waals surface area contributed by atoms with Crippen LogP contribution in [0.2, 0.25) is 0 Å². The molecule has 5 heteroatoms. The maximum Gasteiger partial charge on any atom is 0.238 e. The Morgan fingerprint density at radius 2 is 2.21 bits per heavy atom. The number of imidazole rings is 1. The quantitative estimate of drug-likeness (QED) is 0.734. The fourth-order valence-corrected chi connectivity index (χ4v) is 1.44. The molecule has 0 unspecified atom stereocenters. The van der Waals surface area contributed by atoms with Crippen molar-refractivity contribution in [1.29, 1.82) is 0 Å². The molecular weight excluding hydrogens is 249 g/mol. The van der Waals surface area contributed by atoms with Crippen molar-refractivity contribution in [3.05, 3.63) is 40.9 Å². The first kappa shape index (κ1) is 9.33. The van der Waals surface area contributed by atoms with Crippen LogP contribution in [0.5, 0.6) is 0 Å². The van der Waals surface area contributed by atoms with Gasteiger partial charge in [-0.2, -0.15) is 4.39 Å². The molecule has 2 rings (SSSR count). The van der Waals surface area contributed by atoms with Crippen LogP contribution in [-0.2, 0) is 0 Å². The van der Waals surface area contributed by atoms with E-state index < -0.39 is 5.95 Å². The molecule has 0 aliphatic carbocycles. The molecule has 0 amide bonds. The Labute approximate surface area is 88.7 Å². The van der Waals surface area contributed by atoms with Crippen molar-refractivity contribution in [2.75, 3.05) is 0 Å². The summed E-state index contributed by atoms with van der Waals surface area (Å²) < 4.78 is 15.4. The van der Waals surface area contributed by atoms with Gasteiger partial charge in [-0.3, -0.25) is 0 Å². The van der Waals surface area contributed by atoms with Gasteiger partial charge in [0, 0.05) is 6.20 Å². The van der Waals surface area contributed by atoms with Gasteiger partial charge in [-0.15, -0.1) is 0 Å². The molecule has 2 aromatic heterocycles. The molecule has 2 aromatic rings. The van der Waals surface area contributed by atoms with Crippen LogP contribution in [0.3, 0.4) is 0 Å². The summed E-state index contributed by atoms with van der Waals surface area (Å²) in [6.45, 7) is 1.85. The normalized spacial score (nSPS) is 10.5. The van der Waals surface area contributed by atoms with Crippen molar-refractivity contribution in [2.24, 2.45) is 0 Å². The number of hydrogen-bond donors (Lipinski definition) is 0. The lowest BCUT2D eigenvalue weighted by Crippen LogP contribution is -1.97. The highest BCUT2D eigenvalue weighted by Crippen LogP contribution is 2.15. The molecule has 0 spiro atoms. The zero-order chi connectivity index (χ0) is 10.1. The molecule has 0 atom stereocenters. The molecule has 14 heavy (non-hydrogen) atoms. The Hall–Kier alpha value is -1.23. The number of pyridine rings is 1. The molecule has 0 saturated heterocycles. The van der Waals surface area contributed by atoms with E-state index in [-0.39, 0.29) is 0 Å². The van der Waals surface area contributed by atoms with E-state index >= 15 is 0 Å². The molecule has 3 nitrogen and oxygen atoms in total. The smallest absolute Gasteiger partial charge is 0.238 e. The minimum atomic E-state index is -0.517. The zero-order valence-corrected chi connectivity index (χ0v) is 8.99. The number of aromatic nitrogens is 3. The Bertz CT molecular complexity index is 467. The molecular formula is C9H7BrFN3. The first-order valence-corrected chi connectivity index (χ1v) is 4.79. The average Bonchev–Trinajstić information content (AvgIpc) is 2.51. The summed E-state index contributed by atoms with van der Waals surface area (Å²) in [6.07, 6.45) is 3.30. The number of aryl methyl sites for hydroxylation is 1. The van der Waals surface area contributed by atoms with Crippen LogP contribution in [0.1, 0.15) is 5.69 Å². The summed E-state index contributed by atoms with van der Waals surface area (Å²) in [5.74, 6) is -0.517. The summed E-state index contributed by atoms with van der Waals surface area (Å²) >= 11 is 3.10. The summed E-state index contributed by atoms with van der Waals surface area (Å²) in [4.78, 5) is 7.67. The number of rotatable bonds is 1. The lowest BCUT2D eigenvalue weighted by Gasteiger charge is -2.02. The van der Waals surface area contributed by atoms with Crippen molar-refractivity contribution >= 4 is 15.9 Å². The van der Waals surface area contributed by atoms with E-state index in [1.54, 1.807) is 29.2 Å². The topological polar surface area (TPSA) is 30.7 Å². The molecule has 0 N–H and O–H groups in total. The average molecular weight is 256 g/mol. The molecule has 72 valence electrons. The van der Waals surface area contributed by atoms with Crippen molar-refractivity contribution < 1.29 is 4.39 Å². The van der Waals surface area contributed by atoms with E-state index in [1.807, 2.05) is 6.92 Å². The fourth-order valence-electron chi connectivity index (χ4n) is 1.15. The summed E-state index contributed by atoms with van der Waals surface area (Å²) in [7, 11) is 0. The van der Waals surface area contributed by atoms with Crippen molar-refractivity contribution in [3.63, 3.8) is 0 Å². The third-order valence-corrected chi connectivity index (χ3v) is 2.23. The second kappa shape index (κ2) is 3.49. The molecule has 0 aliphatic rings. The van der Waals surface area contributed by atoms with E-state index in [9.17, 15) is 4.39 Å².